The number of hydrogen-bond donors (Lipinski definition) is 2. The van der Waals surface area contributed by atoms with Gasteiger partial charge in [0.25, 0.3) is 0 Å². The first kappa shape index (κ1) is 12.2. The number of nitrogens with one attached hydrogen (secondary N) is 1. The summed E-state index contributed by atoms with van der Waals surface area (Å²) < 4.78 is 1.01. The molecule has 1 aromatic carbocycles. The molecule has 1 amide bonds. The van der Waals surface area contributed by atoms with E-state index < -0.39 is 6.04 Å². The highest BCUT2D eigenvalue weighted by atomic mass is 79.9. The quantitative estimate of drug-likeness (QED) is 0.877. The zero-order valence-corrected chi connectivity index (χ0v) is 10.3. The van der Waals surface area contributed by atoms with Crippen molar-refractivity contribution in [3.05, 3.63) is 34.3 Å². The van der Waals surface area contributed by atoms with Gasteiger partial charge in [-0.25, -0.2) is 0 Å². The molecule has 1 unspecified atom stereocenters. The minimum Gasteiger partial charge on any atom is -0.351 e. The van der Waals surface area contributed by atoms with E-state index in [0.717, 1.165) is 10.0 Å². The van der Waals surface area contributed by atoms with E-state index in [1.807, 2.05) is 31.2 Å². The predicted molar refractivity (Wildman–Crippen MR) is 64.3 cm³/mol. The van der Waals surface area contributed by atoms with Crippen LogP contribution in [0.2, 0.25) is 0 Å². The van der Waals surface area contributed by atoms with Crippen LogP contribution in [0.1, 0.15) is 18.9 Å². The van der Waals surface area contributed by atoms with Crippen molar-refractivity contribution >= 4 is 21.8 Å². The third-order valence-corrected chi connectivity index (χ3v) is 2.63. The lowest BCUT2D eigenvalue weighted by Crippen LogP contribution is -2.39. The van der Waals surface area contributed by atoms with Crippen LogP contribution in [0.25, 0.3) is 0 Å². The number of carbonyl (C=O) groups excluding carboxylic acids is 1. The summed E-state index contributed by atoms with van der Waals surface area (Å²) in [6.45, 7) is 2.41. The Labute approximate surface area is 98.2 Å². The van der Waals surface area contributed by atoms with Crippen LogP contribution in [-0.2, 0) is 11.3 Å². The molecule has 1 atom stereocenters. The van der Waals surface area contributed by atoms with Gasteiger partial charge in [0.1, 0.15) is 0 Å². The monoisotopic (exact) mass is 270 g/mol. The molecule has 0 heterocycles. The van der Waals surface area contributed by atoms with Crippen molar-refractivity contribution < 1.29 is 4.79 Å². The third kappa shape index (κ3) is 4.01. The molecule has 0 aliphatic rings. The lowest BCUT2D eigenvalue weighted by Gasteiger charge is -2.09. The van der Waals surface area contributed by atoms with Crippen LogP contribution >= 0.6 is 15.9 Å². The van der Waals surface area contributed by atoms with Gasteiger partial charge in [0.2, 0.25) is 5.91 Å². The van der Waals surface area contributed by atoms with Gasteiger partial charge in [-0.15, -0.1) is 0 Å². The average molecular weight is 271 g/mol. The van der Waals surface area contributed by atoms with E-state index in [4.69, 9.17) is 5.73 Å². The zero-order valence-electron chi connectivity index (χ0n) is 8.66. The Morgan fingerprint density at radius 3 is 2.93 bits per heavy atom. The number of carbonyl (C=O) groups is 1. The second kappa shape index (κ2) is 5.88. The van der Waals surface area contributed by atoms with Crippen LogP contribution < -0.4 is 11.1 Å². The Balaban J connectivity index is 2.47. The minimum atomic E-state index is -0.405. The number of benzene rings is 1. The maximum atomic E-state index is 11.4. The van der Waals surface area contributed by atoms with Crippen LogP contribution in [0, 0.1) is 0 Å². The number of amides is 1. The smallest absolute Gasteiger partial charge is 0.237 e. The van der Waals surface area contributed by atoms with Crippen molar-refractivity contribution in [2.75, 3.05) is 0 Å². The summed E-state index contributed by atoms with van der Waals surface area (Å²) in [7, 11) is 0. The van der Waals surface area contributed by atoms with E-state index in [1.165, 1.54) is 0 Å². The standard InChI is InChI=1S/C11H15BrN2O/c1-2-10(13)11(15)14-7-8-4-3-5-9(12)6-8/h3-6,10H,2,7,13H2,1H3,(H,14,15). The van der Waals surface area contributed by atoms with E-state index in [1.54, 1.807) is 0 Å². The molecule has 0 fully saturated rings. The van der Waals surface area contributed by atoms with E-state index in [-0.39, 0.29) is 5.91 Å². The van der Waals surface area contributed by atoms with Crippen molar-refractivity contribution in [3.8, 4) is 0 Å². The van der Waals surface area contributed by atoms with E-state index in [2.05, 4.69) is 21.2 Å². The molecule has 0 saturated carbocycles. The Morgan fingerprint density at radius 1 is 1.60 bits per heavy atom. The Hall–Kier alpha value is -0.870. The van der Waals surface area contributed by atoms with Crippen molar-refractivity contribution in [3.63, 3.8) is 0 Å². The van der Waals surface area contributed by atoms with Gasteiger partial charge in [-0.2, -0.15) is 0 Å². The molecule has 3 nitrogen and oxygen atoms in total. The molecule has 0 saturated heterocycles. The number of rotatable bonds is 4. The molecule has 15 heavy (non-hydrogen) atoms. The molecule has 4 heteroatoms. The number of nitrogens with two attached hydrogens (primary N) is 1. The van der Waals surface area contributed by atoms with Gasteiger partial charge < -0.3 is 11.1 Å². The molecule has 0 bridgehead atoms. The largest absolute Gasteiger partial charge is 0.351 e. The molecular weight excluding hydrogens is 256 g/mol. The normalized spacial score (nSPS) is 12.2. The molecule has 82 valence electrons. The number of halogens is 1. The first-order valence-electron chi connectivity index (χ1n) is 4.91. The van der Waals surface area contributed by atoms with Crippen molar-refractivity contribution in [2.24, 2.45) is 5.73 Å². The van der Waals surface area contributed by atoms with E-state index in [9.17, 15) is 4.79 Å². The highest BCUT2D eigenvalue weighted by molar-refractivity contribution is 9.10. The lowest BCUT2D eigenvalue weighted by atomic mass is 10.2. The molecule has 1 aromatic rings. The first-order valence-corrected chi connectivity index (χ1v) is 5.70. The van der Waals surface area contributed by atoms with E-state index >= 15 is 0 Å². The topological polar surface area (TPSA) is 55.1 Å². The van der Waals surface area contributed by atoms with Gasteiger partial charge in [-0.05, 0) is 24.1 Å². The van der Waals surface area contributed by atoms with Crippen LogP contribution in [-0.4, -0.2) is 11.9 Å². The summed E-state index contributed by atoms with van der Waals surface area (Å²) >= 11 is 3.37. The fraction of sp³-hybridized carbons (Fsp3) is 0.364. The van der Waals surface area contributed by atoms with E-state index in [0.29, 0.717) is 13.0 Å². The SMILES string of the molecule is CCC(N)C(=O)NCc1cccc(Br)c1. The van der Waals surface area contributed by atoms with Gasteiger partial charge in [0.15, 0.2) is 0 Å². The summed E-state index contributed by atoms with van der Waals surface area (Å²) in [6, 6.07) is 7.41. The molecule has 0 aliphatic carbocycles. The third-order valence-electron chi connectivity index (χ3n) is 2.13. The Morgan fingerprint density at radius 2 is 2.33 bits per heavy atom. The van der Waals surface area contributed by atoms with Crippen LogP contribution in [0.4, 0.5) is 0 Å². The summed E-state index contributed by atoms with van der Waals surface area (Å²) in [5.74, 6) is -0.0996. The summed E-state index contributed by atoms with van der Waals surface area (Å²) in [5, 5.41) is 2.79. The molecular formula is C11H15BrN2O. The van der Waals surface area contributed by atoms with Crippen molar-refractivity contribution in [1.82, 2.24) is 5.32 Å². The lowest BCUT2D eigenvalue weighted by molar-refractivity contribution is -0.122. The van der Waals surface area contributed by atoms with Crippen LogP contribution in [0.5, 0.6) is 0 Å². The van der Waals surface area contributed by atoms with Gasteiger partial charge >= 0.3 is 0 Å². The molecule has 1 rings (SSSR count). The molecule has 0 aliphatic heterocycles. The second-order valence-electron chi connectivity index (χ2n) is 3.36. The maximum Gasteiger partial charge on any atom is 0.237 e. The van der Waals surface area contributed by atoms with Gasteiger partial charge in [0.05, 0.1) is 6.04 Å². The predicted octanol–water partition coefficient (Wildman–Crippen LogP) is 1.80. The van der Waals surface area contributed by atoms with Gasteiger partial charge in [0, 0.05) is 11.0 Å². The molecule has 0 radical (unpaired) electrons. The molecule has 3 N–H and O–H groups in total. The summed E-state index contributed by atoms with van der Waals surface area (Å²) in [4.78, 5) is 11.4. The second-order valence-corrected chi connectivity index (χ2v) is 4.28. The fourth-order valence-corrected chi connectivity index (χ4v) is 1.60. The summed E-state index contributed by atoms with van der Waals surface area (Å²) in [6.07, 6.45) is 0.657. The highest BCUT2D eigenvalue weighted by Gasteiger charge is 2.09. The molecule has 0 spiro atoms. The average Bonchev–Trinajstić information content (AvgIpc) is 2.25. The van der Waals surface area contributed by atoms with Crippen LogP contribution in [0.15, 0.2) is 28.7 Å². The number of hydrogen-bond acceptors (Lipinski definition) is 2. The van der Waals surface area contributed by atoms with Crippen molar-refractivity contribution in [1.29, 1.82) is 0 Å². The van der Waals surface area contributed by atoms with Gasteiger partial charge in [-0.3, -0.25) is 4.79 Å². The minimum absolute atomic E-state index is 0.0996. The zero-order chi connectivity index (χ0) is 11.3. The highest BCUT2D eigenvalue weighted by Crippen LogP contribution is 2.11. The molecule has 0 aromatic heterocycles. The van der Waals surface area contributed by atoms with Gasteiger partial charge in [-0.1, -0.05) is 35.0 Å². The van der Waals surface area contributed by atoms with Crippen LogP contribution in [0.3, 0.4) is 0 Å². The fourth-order valence-electron chi connectivity index (χ4n) is 1.15. The maximum absolute atomic E-state index is 11.4. The Kier molecular flexibility index (Phi) is 4.78. The summed E-state index contributed by atoms with van der Waals surface area (Å²) in [5.41, 5.74) is 6.65. The first-order chi connectivity index (χ1) is 7.13. The Bertz CT molecular complexity index is 341. The van der Waals surface area contributed by atoms with Crippen molar-refractivity contribution in [2.45, 2.75) is 25.9 Å².